The van der Waals surface area contributed by atoms with Crippen molar-refractivity contribution in [1.82, 2.24) is 34.4 Å². The van der Waals surface area contributed by atoms with Crippen molar-refractivity contribution >= 4 is 23.3 Å². The average molecular weight is 629 g/mol. The third-order valence-corrected chi connectivity index (χ3v) is 9.64. The van der Waals surface area contributed by atoms with Crippen molar-refractivity contribution in [3.05, 3.63) is 82.7 Å². The minimum atomic E-state index is -2.65. The van der Waals surface area contributed by atoms with Gasteiger partial charge >= 0.3 is 6.03 Å². The van der Waals surface area contributed by atoms with Gasteiger partial charge in [-0.25, -0.2) is 18.6 Å². The molecule has 4 aromatic rings. The van der Waals surface area contributed by atoms with Crippen molar-refractivity contribution in [2.75, 3.05) is 31.6 Å². The van der Waals surface area contributed by atoms with E-state index in [0.717, 1.165) is 59.3 Å². The van der Waals surface area contributed by atoms with Gasteiger partial charge in [0.15, 0.2) is 0 Å². The summed E-state index contributed by atoms with van der Waals surface area (Å²) >= 11 is 0. The van der Waals surface area contributed by atoms with Gasteiger partial charge in [-0.05, 0) is 72.1 Å². The van der Waals surface area contributed by atoms with Gasteiger partial charge in [0.1, 0.15) is 5.69 Å². The Labute approximate surface area is 266 Å². The number of hydrogen-bond donors (Lipinski definition) is 1. The second-order valence-corrected chi connectivity index (χ2v) is 12.6. The number of carbonyl (C=O) groups is 2. The summed E-state index contributed by atoms with van der Waals surface area (Å²) in [6.07, 6.45) is 7.40. The molecule has 0 bridgehead atoms. The van der Waals surface area contributed by atoms with E-state index in [4.69, 9.17) is 0 Å². The molecule has 1 saturated heterocycles. The number of halogens is 2. The molecule has 3 aliphatic heterocycles. The van der Waals surface area contributed by atoms with Crippen LogP contribution in [0.1, 0.15) is 69.9 Å². The number of piperidine rings is 1. The van der Waals surface area contributed by atoms with E-state index in [9.17, 15) is 18.4 Å². The fraction of sp³-hybridized carbons (Fsp3) is 0.412. The number of amides is 3. The number of nitrogens with one attached hydrogen (secondary N) is 1. The third kappa shape index (κ3) is 5.39. The van der Waals surface area contributed by atoms with Crippen molar-refractivity contribution in [1.29, 1.82) is 0 Å². The number of hydrogen-bond acceptors (Lipinski definition) is 5. The van der Waals surface area contributed by atoms with Crippen LogP contribution in [0.15, 0.2) is 49.2 Å². The molecule has 0 atom stereocenters. The number of aromatic nitrogens is 4. The summed E-state index contributed by atoms with van der Waals surface area (Å²) in [6.45, 7) is 2.87. The van der Waals surface area contributed by atoms with Crippen LogP contribution in [-0.4, -0.2) is 67.8 Å². The molecule has 46 heavy (non-hydrogen) atoms. The second-order valence-electron chi connectivity index (χ2n) is 12.6. The molecular formula is C34H38F2N8O2. The Morgan fingerprint density at radius 1 is 0.957 bits per heavy atom. The lowest BCUT2D eigenvalue weighted by atomic mass is 9.86. The zero-order chi connectivity index (χ0) is 32.1. The van der Waals surface area contributed by atoms with E-state index < -0.39 is 6.43 Å². The van der Waals surface area contributed by atoms with E-state index in [1.54, 1.807) is 59.2 Å². The Balaban J connectivity index is 1.25. The predicted octanol–water partition coefficient (Wildman–Crippen LogP) is 5.52. The number of benzene rings is 2. The van der Waals surface area contributed by atoms with Gasteiger partial charge in [-0.1, -0.05) is 6.07 Å². The summed E-state index contributed by atoms with van der Waals surface area (Å²) in [5.74, 6) is 0.167. The Morgan fingerprint density at radius 3 is 2.43 bits per heavy atom. The number of rotatable bonds is 5. The number of nitrogens with zero attached hydrogens (tertiary/aromatic N) is 7. The number of anilines is 2. The van der Waals surface area contributed by atoms with Crippen LogP contribution >= 0.6 is 0 Å². The lowest BCUT2D eigenvalue weighted by Crippen LogP contribution is -2.38. The Kier molecular flexibility index (Phi) is 7.74. The number of imidazole rings is 1. The molecule has 0 spiro atoms. The highest BCUT2D eigenvalue weighted by atomic mass is 19.3. The number of alkyl halides is 2. The zero-order valence-corrected chi connectivity index (χ0v) is 26.3. The first-order chi connectivity index (χ1) is 22.2. The summed E-state index contributed by atoms with van der Waals surface area (Å²) in [4.78, 5) is 35.9. The van der Waals surface area contributed by atoms with Crippen LogP contribution in [0.3, 0.4) is 0 Å². The number of fused-ring (bicyclic) bond motifs is 2. The summed E-state index contributed by atoms with van der Waals surface area (Å²) in [5, 5.41) is 6.97. The maximum Gasteiger partial charge on any atom is 0.317 e. The number of likely N-dealkylation sites (tertiary alicyclic amines) is 1. The minimum absolute atomic E-state index is 0.0108. The van der Waals surface area contributed by atoms with Gasteiger partial charge in [-0.2, -0.15) is 5.10 Å². The Hall–Kier alpha value is -4.74. The standard InChI is InChI=1S/C34H38F2N8O2/c1-37-34(46)43-17-24-11-23(21-6-9-42(10-7-21)33(45)29-19-40(2)20-38-29)13-31(28(24)18-43)44-8-4-5-22-12-26(25-15-39-41(3)16-25)27(32(35)36)14-30(22)44/h11-16,19-21,32H,4-10,17-18H2,1-3H3,(H,37,46). The highest BCUT2D eigenvalue weighted by Crippen LogP contribution is 2.45. The van der Waals surface area contributed by atoms with E-state index in [-0.39, 0.29) is 23.4 Å². The molecule has 3 amide bonds. The molecule has 10 nitrogen and oxygen atoms in total. The van der Waals surface area contributed by atoms with Crippen LogP contribution in [0.2, 0.25) is 0 Å². The molecular weight excluding hydrogens is 590 g/mol. The van der Waals surface area contributed by atoms with Gasteiger partial charge in [-0.3, -0.25) is 9.48 Å². The molecule has 240 valence electrons. The lowest BCUT2D eigenvalue weighted by molar-refractivity contribution is 0.0707. The first-order valence-electron chi connectivity index (χ1n) is 15.8. The van der Waals surface area contributed by atoms with Crippen molar-refractivity contribution in [3.8, 4) is 11.1 Å². The molecule has 2 aromatic heterocycles. The van der Waals surface area contributed by atoms with Crippen molar-refractivity contribution in [3.63, 3.8) is 0 Å². The number of carbonyl (C=O) groups excluding carboxylic acids is 2. The van der Waals surface area contributed by atoms with Crippen LogP contribution in [0.4, 0.5) is 25.0 Å². The van der Waals surface area contributed by atoms with Crippen LogP contribution in [0.25, 0.3) is 11.1 Å². The Morgan fingerprint density at radius 2 is 1.76 bits per heavy atom. The highest BCUT2D eigenvalue weighted by Gasteiger charge is 2.33. The van der Waals surface area contributed by atoms with Gasteiger partial charge in [0.25, 0.3) is 12.3 Å². The van der Waals surface area contributed by atoms with Crippen molar-refractivity contribution in [2.24, 2.45) is 14.1 Å². The van der Waals surface area contributed by atoms with Crippen molar-refractivity contribution < 1.29 is 18.4 Å². The molecule has 5 heterocycles. The smallest absolute Gasteiger partial charge is 0.317 e. The minimum Gasteiger partial charge on any atom is -0.341 e. The monoisotopic (exact) mass is 628 g/mol. The lowest BCUT2D eigenvalue weighted by Gasteiger charge is -2.36. The molecule has 0 aliphatic carbocycles. The predicted molar refractivity (Wildman–Crippen MR) is 170 cm³/mol. The van der Waals surface area contributed by atoms with Crippen LogP contribution in [0.5, 0.6) is 0 Å². The molecule has 1 N–H and O–H groups in total. The van der Waals surface area contributed by atoms with Gasteiger partial charge in [0, 0.05) is 87.8 Å². The molecule has 7 rings (SSSR count). The Bertz CT molecular complexity index is 1810. The first-order valence-corrected chi connectivity index (χ1v) is 15.8. The average Bonchev–Trinajstić information content (AvgIpc) is 3.82. The van der Waals surface area contributed by atoms with E-state index >= 15 is 0 Å². The van der Waals surface area contributed by atoms with Gasteiger partial charge in [0.2, 0.25) is 0 Å². The molecule has 1 fully saturated rings. The fourth-order valence-electron chi connectivity index (χ4n) is 7.28. The van der Waals surface area contributed by atoms with Crippen LogP contribution < -0.4 is 10.2 Å². The van der Waals surface area contributed by atoms with Gasteiger partial charge in [-0.15, -0.1) is 0 Å². The summed E-state index contributed by atoms with van der Waals surface area (Å²) in [7, 11) is 5.26. The first kappa shape index (κ1) is 29.9. The maximum atomic E-state index is 14.6. The topological polar surface area (TPSA) is 91.5 Å². The zero-order valence-electron chi connectivity index (χ0n) is 26.3. The molecule has 12 heteroatoms. The SMILES string of the molecule is CNC(=O)N1Cc2cc(C3CCN(C(=O)c4cn(C)cn4)CC3)cc(N3CCCc4cc(-c5cnn(C)c5)c(C(F)F)cc43)c2C1. The molecule has 3 aliphatic rings. The highest BCUT2D eigenvalue weighted by molar-refractivity contribution is 5.92. The largest absolute Gasteiger partial charge is 0.341 e. The number of urea groups is 1. The molecule has 0 unspecified atom stereocenters. The molecule has 0 saturated carbocycles. The fourth-order valence-corrected chi connectivity index (χ4v) is 7.28. The van der Waals surface area contributed by atoms with Crippen LogP contribution in [-0.2, 0) is 33.6 Å². The van der Waals surface area contributed by atoms with Crippen LogP contribution in [0, 0.1) is 0 Å². The summed E-state index contributed by atoms with van der Waals surface area (Å²) in [5.41, 5.74) is 7.71. The normalized spacial score (nSPS) is 16.6. The summed E-state index contributed by atoms with van der Waals surface area (Å²) in [6, 6.07) is 7.84. The quantitative estimate of drug-likeness (QED) is 0.315. The third-order valence-electron chi connectivity index (χ3n) is 9.64. The van der Waals surface area contributed by atoms with Gasteiger partial charge in [0.05, 0.1) is 19.1 Å². The van der Waals surface area contributed by atoms with Crippen molar-refractivity contribution in [2.45, 2.75) is 51.1 Å². The number of aryl methyl sites for hydroxylation is 3. The van der Waals surface area contributed by atoms with E-state index in [0.29, 0.717) is 49.5 Å². The second kappa shape index (κ2) is 11.9. The molecule has 0 radical (unpaired) electrons. The van der Waals surface area contributed by atoms with E-state index in [1.807, 2.05) is 18.0 Å². The van der Waals surface area contributed by atoms with Gasteiger partial charge < -0.3 is 24.6 Å². The maximum absolute atomic E-state index is 14.6. The summed E-state index contributed by atoms with van der Waals surface area (Å²) < 4.78 is 32.6. The molecule has 2 aromatic carbocycles. The van der Waals surface area contributed by atoms with E-state index in [2.05, 4.69) is 32.4 Å². The van der Waals surface area contributed by atoms with E-state index in [1.165, 1.54) is 0 Å².